The highest BCUT2D eigenvalue weighted by molar-refractivity contribution is 5.85. The lowest BCUT2D eigenvalue weighted by Gasteiger charge is -2.14. The first-order chi connectivity index (χ1) is 8.79. The summed E-state index contributed by atoms with van der Waals surface area (Å²) in [6.07, 6.45) is 7.46. The number of nitrogens with zero attached hydrogens (tertiary/aromatic N) is 1. The molecule has 0 saturated heterocycles. The van der Waals surface area contributed by atoms with Gasteiger partial charge in [-0.3, -0.25) is 4.98 Å². The van der Waals surface area contributed by atoms with Crippen LogP contribution in [0.25, 0.3) is 10.9 Å². The maximum Gasteiger partial charge on any atom is 0.121 e. The van der Waals surface area contributed by atoms with Crippen molar-refractivity contribution in [2.24, 2.45) is 0 Å². The average molecular weight is 278 g/mol. The van der Waals surface area contributed by atoms with Crippen molar-refractivity contribution < 1.29 is 4.74 Å². The van der Waals surface area contributed by atoms with Gasteiger partial charge in [-0.2, -0.15) is 0 Å². The second-order valence-electron chi connectivity index (χ2n) is 5.20. The molecule has 0 amide bonds. The zero-order valence-electron chi connectivity index (χ0n) is 11.5. The van der Waals surface area contributed by atoms with Gasteiger partial charge in [-0.05, 0) is 48.9 Å². The van der Waals surface area contributed by atoms with Crippen LogP contribution in [-0.4, -0.2) is 12.1 Å². The first-order valence-electron chi connectivity index (χ1n) is 6.73. The summed E-state index contributed by atoms with van der Waals surface area (Å²) in [6, 6.07) is 6.17. The number of hydrogen-bond acceptors (Lipinski definition) is 2. The van der Waals surface area contributed by atoms with E-state index < -0.39 is 0 Å². The average Bonchev–Trinajstić information content (AvgIpc) is 2.92. The summed E-state index contributed by atoms with van der Waals surface area (Å²) in [4.78, 5) is 4.62. The van der Waals surface area contributed by atoms with Gasteiger partial charge >= 0.3 is 0 Å². The first-order valence-corrected chi connectivity index (χ1v) is 6.73. The Labute approximate surface area is 120 Å². The van der Waals surface area contributed by atoms with Crippen LogP contribution >= 0.6 is 12.4 Å². The van der Waals surface area contributed by atoms with E-state index in [1.54, 1.807) is 7.11 Å². The zero-order chi connectivity index (χ0) is 12.5. The monoisotopic (exact) mass is 277 g/mol. The molecule has 0 N–H and O–H groups in total. The maximum absolute atomic E-state index is 5.25. The standard InChI is InChI=1S/C16H19NO.ClH/c1-11-14-8-7-13(18-2)9-16(14)17-10-15(11)12-5-3-4-6-12;/h7-10,12H,3-6H2,1-2H3;1H. The summed E-state index contributed by atoms with van der Waals surface area (Å²) < 4.78 is 5.25. The van der Waals surface area contributed by atoms with E-state index in [0.717, 1.165) is 17.2 Å². The van der Waals surface area contributed by atoms with E-state index in [-0.39, 0.29) is 12.4 Å². The van der Waals surface area contributed by atoms with Gasteiger partial charge < -0.3 is 4.74 Å². The van der Waals surface area contributed by atoms with E-state index in [4.69, 9.17) is 4.74 Å². The largest absolute Gasteiger partial charge is 0.497 e. The third-order valence-corrected chi connectivity index (χ3v) is 4.18. The Kier molecular flexibility index (Phi) is 4.31. The highest BCUT2D eigenvalue weighted by Crippen LogP contribution is 2.37. The third kappa shape index (κ3) is 2.55. The van der Waals surface area contributed by atoms with Crippen LogP contribution in [0.5, 0.6) is 5.75 Å². The van der Waals surface area contributed by atoms with Crippen LogP contribution in [0.15, 0.2) is 24.4 Å². The van der Waals surface area contributed by atoms with Gasteiger partial charge in [-0.15, -0.1) is 12.4 Å². The fraction of sp³-hybridized carbons (Fsp3) is 0.438. The number of methoxy groups -OCH3 is 1. The summed E-state index contributed by atoms with van der Waals surface area (Å²) in [7, 11) is 1.70. The minimum absolute atomic E-state index is 0. The number of pyridine rings is 1. The van der Waals surface area contributed by atoms with Gasteiger partial charge in [-0.25, -0.2) is 0 Å². The fourth-order valence-corrected chi connectivity index (χ4v) is 3.10. The van der Waals surface area contributed by atoms with Crippen molar-refractivity contribution in [3.05, 3.63) is 35.5 Å². The molecule has 0 atom stereocenters. The quantitative estimate of drug-likeness (QED) is 0.798. The second-order valence-corrected chi connectivity index (χ2v) is 5.20. The van der Waals surface area contributed by atoms with Crippen LogP contribution in [0.4, 0.5) is 0 Å². The van der Waals surface area contributed by atoms with E-state index in [1.165, 1.54) is 42.2 Å². The molecule has 19 heavy (non-hydrogen) atoms. The minimum Gasteiger partial charge on any atom is -0.497 e. The predicted molar refractivity (Wildman–Crippen MR) is 81.5 cm³/mol. The molecule has 102 valence electrons. The number of ether oxygens (including phenoxy) is 1. The van der Waals surface area contributed by atoms with Crippen molar-refractivity contribution in [2.45, 2.75) is 38.5 Å². The summed E-state index contributed by atoms with van der Waals surface area (Å²) in [5, 5.41) is 1.26. The van der Waals surface area contributed by atoms with E-state index in [9.17, 15) is 0 Å². The Morgan fingerprint density at radius 2 is 1.95 bits per heavy atom. The van der Waals surface area contributed by atoms with Crippen molar-refractivity contribution in [1.29, 1.82) is 0 Å². The van der Waals surface area contributed by atoms with Gasteiger partial charge in [-0.1, -0.05) is 12.8 Å². The molecule has 0 bridgehead atoms. The van der Waals surface area contributed by atoms with Crippen LogP contribution < -0.4 is 4.74 Å². The molecule has 1 heterocycles. The molecular formula is C16H20ClNO. The van der Waals surface area contributed by atoms with Crippen molar-refractivity contribution >= 4 is 23.3 Å². The first kappa shape index (κ1) is 14.1. The lowest BCUT2D eigenvalue weighted by atomic mass is 9.93. The molecule has 0 aliphatic heterocycles. The van der Waals surface area contributed by atoms with Crippen LogP contribution in [0.2, 0.25) is 0 Å². The van der Waals surface area contributed by atoms with Gasteiger partial charge in [0.2, 0.25) is 0 Å². The summed E-state index contributed by atoms with van der Waals surface area (Å²) >= 11 is 0. The number of aryl methyl sites for hydroxylation is 1. The third-order valence-electron chi connectivity index (χ3n) is 4.18. The van der Waals surface area contributed by atoms with Crippen molar-refractivity contribution in [1.82, 2.24) is 4.98 Å². The number of rotatable bonds is 2. The number of hydrogen-bond donors (Lipinski definition) is 0. The topological polar surface area (TPSA) is 22.1 Å². The Balaban J connectivity index is 0.00000133. The molecule has 2 aromatic rings. The number of aromatic nitrogens is 1. The molecule has 3 heteroatoms. The smallest absolute Gasteiger partial charge is 0.121 e. The number of halogens is 1. The lowest BCUT2D eigenvalue weighted by Crippen LogP contribution is -1.98. The van der Waals surface area contributed by atoms with Gasteiger partial charge in [0.25, 0.3) is 0 Å². The van der Waals surface area contributed by atoms with E-state index >= 15 is 0 Å². The molecule has 1 aromatic carbocycles. The molecule has 1 aliphatic carbocycles. The maximum atomic E-state index is 5.25. The second kappa shape index (κ2) is 5.79. The van der Waals surface area contributed by atoms with Gasteiger partial charge in [0.15, 0.2) is 0 Å². The normalized spacial score (nSPS) is 15.5. The Hall–Kier alpha value is -1.28. The van der Waals surface area contributed by atoms with Crippen molar-refractivity contribution in [3.63, 3.8) is 0 Å². The molecular weight excluding hydrogens is 258 g/mol. The number of fused-ring (bicyclic) bond motifs is 1. The molecule has 0 spiro atoms. The Morgan fingerprint density at radius 3 is 2.63 bits per heavy atom. The van der Waals surface area contributed by atoms with Gasteiger partial charge in [0.05, 0.1) is 12.6 Å². The molecule has 1 aliphatic rings. The van der Waals surface area contributed by atoms with Gasteiger partial charge in [0.1, 0.15) is 5.75 Å². The Morgan fingerprint density at radius 1 is 1.21 bits per heavy atom. The zero-order valence-corrected chi connectivity index (χ0v) is 12.3. The van der Waals surface area contributed by atoms with Crippen molar-refractivity contribution in [2.75, 3.05) is 7.11 Å². The fourth-order valence-electron chi connectivity index (χ4n) is 3.10. The van der Waals surface area contributed by atoms with Crippen LogP contribution in [0.1, 0.15) is 42.7 Å². The van der Waals surface area contributed by atoms with E-state index in [0.29, 0.717) is 0 Å². The summed E-state index contributed by atoms with van der Waals surface area (Å²) in [5.74, 6) is 1.60. The van der Waals surface area contributed by atoms with Crippen LogP contribution in [0, 0.1) is 6.92 Å². The highest BCUT2D eigenvalue weighted by atomic mass is 35.5. The molecule has 1 aromatic heterocycles. The van der Waals surface area contributed by atoms with Crippen LogP contribution in [0.3, 0.4) is 0 Å². The van der Waals surface area contributed by atoms with Gasteiger partial charge in [0, 0.05) is 17.6 Å². The molecule has 3 rings (SSSR count). The summed E-state index contributed by atoms with van der Waals surface area (Å²) in [5.41, 5.74) is 3.88. The Bertz CT molecular complexity index is 576. The molecule has 1 saturated carbocycles. The molecule has 1 fully saturated rings. The summed E-state index contributed by atoms with van der Waals surface area (Å²) in [6.45, 7) is 2.23. The highest BCUT2D eigenvalue weighted by Gasteiger charge is 2.20. The molecule has 0 unspecified atom stereocenters. The van der Waals surface area contributed by atoms with Crippen LogP contribution in [-0.2, 0) is 0 Å². The molecule has 2 nitrogen and oxygen atoms in total. The van der Waals surface area contributed by atoms with E-state index in [1.807, 2.05) is 12.1 Å². The molecule has 0 radical (unpaired) electrons. The lowest BCUT2D eigenvalue weighted by molar-refractivity contribution is 0.415. The van der Waals surface area contributed by atoms with E-state index in [2.05, 4.69) is 24.2 Å². The SMILES string of the molecule is COc1ccc2c(C)c(C3CCCC3)cnc2c1.Cl. The number of benzene rings is 1. The van der Waals surface area contributed by atoms with Crippen molar-refractivity contribution in [3.8, 4) is 5.75 Å². The predicted octanol–water partition coefficient (Wildman–Crippen LogP) is 4.63. The minimum atomic E-state index is 0.